The summed E-state index contributed by atoms with van der Waals surface area (Å²) >= 11 is 0. The van der Waals surface area contributed by atoms with Crippen molar-refractivity contribution < 1.29 is 23.0 Å². The second-order valence-corrected chi connectivity index (χ2v) is 11.5. The third-order valence-corrected chi connectivity index (χ3v) is 8.81. The molecule has 2 heterocycles. The summed E-state index contributed by atoms with van der Waals surface area (Å²) in [6.07, 6.45) is 2.42. The number of aromatic nitrogens is 2. The summed E-state index contributed by atoms with van der Waals surface area (Å²) in [7, 11) is 7.59. The van der Waals surface area contributed by atoms with Crippen LogP contribution in [0.4, 0.5) is 8.78 Å². The van der Waals surface area contributed by atoms with Crippen LogP contribution < -0.4 is 5.32 Å². The average molecular weight is 526 g/mol. The van der Waals surface area contributed by atoms with Gasteiger partial charge in [-0.15, -0.1) is 0 Å². The number of methoxy groups -OCH3 is 2. The molecule has 0 spiro atoms. The summed E-state index contributed by atoms with van der Waals surface area (Å²) in [5.41, 5.74) is 3.60. The normalized spacial score (nSPS) is 23.9. The Labute approximate surface area is 220 Å². The van der Waals surface area contributed by atoms with Crippen LogP contribution in [0.3, 0.4) is 0 Å². The Hall–Kier alpha value is -1.62. The molecule has 2 fully saturated rings. The Kier molecular flexibility index (Phi) is 9.58. The van der Waals surface area contributed by atoms with Crippen LogP contribution >= 0.6 is 0 Å². The van der Waals surface area contributed by atoms with Crippen LogP contribution in [-0.2, 0) is 33.9 Å². The average Bonchev–Trinajstić information content (AvgIpc) is 3.19. The van der Waals surface area contributed by atoms with Crippen LogP contribution in [0.15, 0.2) is 0 Å². The molecule has 210 valence electrons. The first-order chi connectivity index (χ1) is 17.8. The minimum Gasteiger partial charge on any atom is -0.384 e. The van der Waals surface area contributed by atoms with E-state index in [1.54, 1.807) is 14.2 Å². The number of hydrogen-bond acceptors (Lipinski definition) is 6. The van der Waals surface area contributed by atoms with Crippen LogP contribution in [0.5, 0.6) is 0 Å². The summed E-state index contributed by atoms with van der Waals surface area (Å²) in [6, 6.07) is 0. The maximum Gasteiger partial charge on any atom is 0.241 e. The van der Waals surface area contributed by atoms with Gasteiger partial charge in [0.2, 0.25) is 12.3 Å². The van der Waals surface area contributed by atoms with Crippen LogP contribution in [0.2, 0.25) is 0 Å². The van der Waals surface area contributed by atoms with Gasteiger partial charge < -0.3 is 19.7 Å². The first-order valence-corrected chi connectivity index (χ1v) is 13.8. The lowest BCUT2D eigenvalue weighted by Gasteiger charge is -2.40. The largest absolute Gasteiger partial charge is 0.384 e. The Bertz CT molecular complexity index is 889. The number of likely N-dealkylation sites (N-methyl/N-ethyl adjacent to an activating group) is 2. The van der Waals surface area contributed by atoms with E-state index in [4.69, 9.17) is 14.6 Å². The number of carbonyl (C=O) groups excluding carboxylic acids is 1. The lowest BCUT2D eigenvalue weighted by molar-refractivity contribution is -0.144. The van der Waals surface area contributed by atoms with Crippen LogP contribution in [0, 0.1) is 17.3 Å². The van der Waals surface area contributed by atoms with E-state index in [-0.39, 0.29) is 17.2 Å². The van der Waals surface area contributed by atoms with Crippen molar-refractivity contribution in [2.75, 3.05) is 61.2 Å². The molecular formula is C27H45F2N5O3. The van der Waals surface area contributed by atoms with Crippen molar-refractivity contribution in [1.82, 2.24) is 24.9 Å². The SMILES string of the molecule is CNCCN(C)Cc1nn2c(c1C1CCC(COC)(COC)CC1)CN(C(=O)C1CC(C(F)F)C1)CC2. The molecule has 0 bridgehead atoms. The van der Waals surface area contributed by atoms with Gasteiger partial charge in [0.05, 0.1) is 37.7 Å². The predicted octanol–water partition coefficient (Wildman–Crippen LogP) is 3.10. The molecule has 0 aromatic carbocycles. The number of amides is 1. The number of halogens is 2. The van der Waals surface area contributed by atoms with Gasteiger partial charge in [0, 0.05) is 63.2 Å². The third kappa shape index (κ3) is 6.34. The maximum absolute atomic E-state index is 13.2. The monoisotopic (exact) mass is 525 g/mol. The molecule has 1 amide bonds. The van der Waals surface area contributed by atoms with Crippen molar-refractivity contribution in [3.8, 4) is 0 Å². The molecule has 1 aromatic rings. The molecule has 3 aliphatic rings. The standard InChI is InChI=1S/C27H45F2N5O3/c1-30-9-10-32(2)15-22-24(19-5-7-27(8-6-19,17-36-3)18-37-4)23-16-33(11-12-34(23)31-22)26(35)21-13-20(14-21)25(28)29/h19-21,25,30H,5-18H2,1-4H3. The number of fused-ring (bicyclic) bond motifs is 1. The Morgan fingerprint density at radius 2 is 1.86 bits per heavy atom. The van der Waals surface area contributed by atoms with E-state index in [1.807, 2.05) is 11.9 Å². The molecule has 0 unspecified atom stereocenters. The fourth-order valence-electron chi connectivity index (χ4n) is 6.60. The van der Waals surface area contributed by atoms with Crippen molar-refractivity contribution in [2.45, 2.75) is 70.5 Å². The molecule has 1 N–H and O–H groups in total. The summed E-state index contributed by atoms with van der Waals surface area (Å²) in [5, 5.41) is 8.27. The number of rotatable bonds is 12. The molecule has 10 heteroatoms. The lowest BCUT2D eigenvalue weighted by atomic mass is 9.69. The third-order valence-electron chi connectivity index (χ3n) is 8.81. The molecule has 2 aliphatic carbocycles. The van der Waals surface area contributed by atoms with E-state index in [2.05, 4.69) is 21.9 Å². The van der Waals surface area contributed by atoms with E-state index in [1.165, 1.54) is 5.56 Å². The fourth-order valence-corrected chi connectivity index (χ4v) is 6.60. The molecule has 0 atom stereocenters. The molecule has 37 heavy (non-hydrogen) atoms. The highest BCUT2D eigenvalue weighted by Crippen LogP contribution is 2.46. The molecular weight excluding hydrogens is 480 g/mol. The molecule has 2 saturated carbocycles. The number of carbonyl (C=O) groups is 1. The topological polar surface area (TPSA) is 71.9 Å². The first kappa shape index (κ1) is 28.4. The van der Waals surface area contributed by atoms with Crippen molar-refractivity contribution >= 4 is 5.91 Å². The van der Waals surface area contributed by atoms with E-state index in [0.29, 0.717) is 51.6 Å². The Balaban J connectivity index is 1.53. The van der Waals surface area contributed by atoms with Crippen LogP contribution in [-0.4, -0.2) is 93.1 Å². The van der Waals surface area contributed by atoms with Crippen LogP contribution in [0.25, 0.3) is 0 Å². The summed E-state index contributed by atoms with van der Waals surface area (Å²) in [5.74, 6) is -0.477. The van der Waals surface area contributed by atoms with Crippen LogP contribution in [0.1, 0.15) is 61.4 Å². The molecule has 0 saturated heterocycles. The van der Waals surface area contributed by atoms with Gasteiger partial charge in [0.25, 0.3) is 0 Å². The summed E-state index contributed by atoms with van der Waals surface area (Å²) < 4.78 is 39.2. The maximum atomic E-state index is 13.2. The van der Waals surface area contributed by atoms with E-state index >= 15 is 0 Å². The lowest BCUT2D eigenvalue weighted by Crippen LogP contribution is -2.46. The van der Waals surface area contributed by atoms with Gasteiger partial charge in [-0.3, -0.25) is 14.4 Å². The zero-order chi connectivity index (χ0) is 26.6. The minimum absolute atomic E-state index is 0.0332. The second-order valence-electron chi connectivity index (χ2n) is 11.5. The molecule has 8 nitrogen and oxygen atoms in total. The number of hydrogen-bond donors (Lipinski definition) is 1. The Morgan fingerprint density at radius 3 is 2.46 bits per heavy atom. The number of nitrogens with one attached hydrogen (secondary N) is 1. The highest BCUT2D eigenvalue weighted by Gasteiger charge is 2.43. The zero-order valence-corrected chi connectivity index (χ0v) is 23.0. The smallest absolute Gasteiger partial charge is 0.241 e. The molecule has 0 radical (unpaired) electrons. The Morgan fingerprint density at radius 1 is 1.19 bits per heavy atom. The van der Waals surface area contributed by atoms with Crippen molar-refractivity contribution in [3.63, 3.8) is 0 Å². The minimum atomic E-state index is -2.32. The second kappa shape index (κ2) is 12.5. The van der Waals surface area contributed by atoms with Crippen molar-refractivity contribution in [1.29, 1.82) is 0 Å². The molecule has 4 rings (SSSR count). The van der Waals surface area contributed by atoms with Crippen molar-refractivity contribution in [3.05, 3.63) is 17.0 Å². The molecule has 1 aliphatic heterocycles. The van der Waals surface area contributed by atoms with Gasteiger partial charge in [-0.1, -0.05) is 0 Å². The fraction of sp³-hybridized carbons (Fsp3) is 0.852. The summed E-state index contributed by atoms with van der Waals surface area (Å²) in [4.78, 5) is 17.4. The molecule has 1 aromatic heterocycles. The van der Waals surface area contributed by atoms with E-state index in [0.717, 1.165) is 56.7 Å². The predicted molar refractivity (Wildman–Crippen MR) is 138 cm³/mol. The zero-order valence-electron chi connectivity index (χ0n) is 23.0. The van der Waals surface area contributed by atoms with Gasteiger partial charge in [-0.05, 0) is 58.5 Å². The van der Waals surface area contributed by atoms with Gasteiger partial charge >= 0.3 is 0 Å². The van der Waals surface area contributed by atoms with E-state index < -0.39 is 12.3 Å². The van der Waals surface area contributed by atoms with E-state index in [9.17, 15) is 13.6 Å². The summed E-state index contributed by atoms with van der Waals surface area (Å²) in [6.45, 7) is 5.76. The number of alkyl halides is 2. The van der Waals surface area contributed by atoms with Gasteiger partial charge in [-0.25, -0.2) is 8.78 Å². The quantitative estimate of drug-likeness (QED) is 0.452. The number of ether oxygens (including phenoxy) is 2. The van der Waals surface area contributed by atoms with Gasteiger partial charge in [0.1, 0.15) is 0 Å². The van der Waals surface area contributed by atoms with Crippen molar-refractivity contribution in [2.24, 2.45) is 17.3 Å². The highest BCUT2D eigenvalue weighted by atomic mass is 19.3. The van der Waals surface area contributed by atoms with Gasteiger partial charge in [0.15, 0.2) is 0 Å². The highest BCUT2D eigenvalue weighted by molar-refractivity contribution is 5.80. The first-order valence-electron chi connectivity index (χ1n) is 13.8. The van der Waals surface area contributed by atoms with Gasteiger partial charge in [-0.2, -0.15) is 5.10 Å². The number of nitrogens with zero attached hydrogens (tertiary/aromatic N) is 4.